The Bertz CT molecular complexity index is 733. The highest BCUT2D eigenvalue weighted by atomic mass is 16.6. The molecule has 9 heteroatoms. The van der Waals surface area contributed by atoms with Crippen LogP contribution in [0.3, 0.4) is 0 Å². The van der Waals surface area contributed by atoms with E-state index in [4.69, 9.17) is 14.2 Å². The van der Waals surface area contributed by atoms with Crippen LogP contribution < -0.4 is 14.8 Å². The number of amides is 3. The zero-order valence-corrected chi connectivity index (χ0v) is 14.6. The molecule has 2 heterocycles. The Labute approximate surface area is 155 Å². The summed E-state index contributed by atoms with van der Waals surface area (Å²) in [5.74, 6) is -0.434. The summed E-state index contributed by atoms with van der Waals surface area (Å²) < 4.78 is 16.1. The van der Waals surface area contributed by atoms with E-state index in [-0.39, 0.29) is 50.3 Å². The molecule has 1 saturated heterocycles. The monoisotopic (exact) mass is 376 g/mol. The van der Waals surface area contributed by atoms with Gasteiger partial charge in [0.15, 0.2) is 18.1 Å². The Balaban J connectivity index is 1.32. The number of carbonyl (C=O) groups is 4. The molecule has 1 atom stereocenters. The standard InChI is InChI=1S/C18H20N2O7/c21-15(11-26-18(24)7-8-20-16(22)5-6-17(20)23)19-9-12-10-25-13-3-1-2-4-14(13)27-12/h1-4,12H,5-11H2,(H,19,21). The summed E-state index contributed by atoms with van der Waals surface area (Å²) >= 11 is 0. The summed E-state index contributed by atoms with van der Waals surface area (Å²) in [6.45, 7) is 0.0478. The van der Waals surface area contributed by atoms with Gasteiger partial charge in [-0.05, 0) is 12.1 Å². The number of likely N-dealkylation sites (tertiary alicyclic amines) is 1. The molecule has 3 amide bonds. The number of imide groups is 1. The average Bonchev–Trinajstić information content (AvgIpc) is 3.00. The summed E-state index contributed by atoms with van der Waals surface area (Å²) in [5, 5.41) is 2.61. The van der Waals surface area contributed by atoms with Crippen LogP contribution in [0.4, 0.5) is 0 Å². The Hall–Kier alpha value is -3.10. The number of benzene rings is 1. The molecular weight excluding hydrogens is 356 g/mol. The van der Waals surface area contributed by atoms with Gasteiger partial charge in [0, 0.05) is 19.4 Å². The molecule has 1 aromatic carbocycles. The fourth-order valence-corrected chi connectivity index (χ4v) is 2.74. The van der Waals surface area contributed by atoms with Gasteiger partial charge < -0.3 is 19.5 Å². The topological polar surface area (TPSA) is 111 Å². The molecule has 144 valence electrons. The number of esters is 1. The highest BCUT2D eigenvalue weighted by Crippen LogP contribution is 2.30. The van der Waals surface area contributed by atoms with Crippen LogP contribution in [0.1, 0.15) is 19.3 Å². The van der Waals surface area contributed by atoms with E-state index in [0.29, 0.717) is 18.1 Å². The van der Waals surface area contributed by atoms with Gasteiger partial charge >= 0.3 is 5.97 Å². The Kier molecular flexibility index (Phi) is 5.90. The summed E-state index contributed by atoms with van der Waals surface area (Å²) in [4.78, 5) is 47.4. The molecule has 2 aliphatic heterocycles. The molecule has 1 unspecified atom stereocenters. The van der Waals surface area contributed by atoms with Gasteiger partial charge in [0.1, 0.15) is 12.7 Å². The maximum absolute atomic E-state index is 11.8. The molecule has 2 aliphatic rings. The van der Waals surface area contributed by atoms with Gasteiger partial charge in [-0.2, -0.15) is 0 Å². The van der Waals surface area contributed by atoms with Crippen LogP contribution in [0.15, 0.2) is 24.3 Å². The van der Waals surface area contributed by atoms with E-state index in [1.54, 1.807) is 12.1 Å². The lowest BCUT2D eigenvalue weighted by atomic mass is 10.2. The van der Waals surface area contributed by atoms with Crippen molar-refractivity contribution in [3.05, 3.63) is 24.3 Å². The third kappa shape index (κ3) is 4.96. The Morgan fingerprint density at radius 3 is 2.59 bits per heavy atom. The predicted molar refractivity (Wildman–Crippen MR) is 90.9 cm³/mol. The third-order valence-electron chi connectivity index (χ3n) is 4.15. The van der Waals surface area contributed by atoms with Crippen LogP contribution in [0, 0.1) is 0 Å². The summed E-state index contributed by atoms with van der Waals surface area (Å²) in [5.41, 5.74) is 0. The van der Waals surface area contributed by atoms with E-state index in [1.165, 1.54) is 0 Å². The fourth-order valence-electron chi connectivity index (χ4n) is 2.74. The average molecular weight is 376 g/mol. The van der Waals surface area contributed by atoms with Gasteiger partial charge in [-0.15, -0.1) is 0 Å². The van der Waals surface area contributed by atoms with Gasteiger partial charge in [0.25, 0.3) is 5.91 Å². The van der Waals surface area contributed by atoms with E-state index < -0.39 is 18.5 Å². The fraction of sp³-hybridized carbons (Fsp3) is 0.444. The first-order valence-electron chi connectivity index (χ1n) is 8.67. The number of nitrogens with zero attached hydrogens (tertiary/aromatic N) is 1. The molecule has 27 heavy (non-hydrogen) atoms. The van der Waals surface area contributed by atoms with Crippen molar-refractivity contribution in [1.82, 2.24) is 10.2 Å². The van der Waals surface area contributed by atoms with Crippen molar-refractivity contribution in [3.8, 4) is 11.5 Å². The number of fused-ring (bicyclic) bond motifs is 1. The normalized spacial score (nSPS) is 18.4. The van der Waals surface area contributed by atoms with Gasteiger partial charge in [-0.25, -0.2) is 0 Å². The number of hydrogen-bond acceptors (Lipinski definition) is 7. The molecule has 0 saturated carbocycles. The molecule has 3 rings (SSSR count). The number of nitrogens with one attached hydrogen (secondary N) is 1. The minimum Gasteiger partial charge on any atom is -0.486 e. The zero-order chi connectivity index (χ0) is 19.2. The van der Waals surface area contributed by atoms with Crippen molar-refractivity contribution in [2.75, 3.05) is 26.3 Å². The first-order chi connectivity index (χ1) is 13.0. The van der Waals surface area contributed by atoms with Crippen LogP contribution in [-0.2, 0) is 23.9 Å². The molecule has 1 aromatic rings. The highest BCUT2D eigenvalue weighted by Gasteiger charge is 2.29. The summed E-state index contributed by atoms with van der Waals surface area (Å²) in [7, 11) is 0. The van der Waals surface area contributed by atoms with Crippen molar-refractivity contribution in [1.29, 1.82) is 0 Å². The lowest BCUT2D eigenvalue weighted by Gasteiger charge is -2.26. The second-order valence-electron chi connectivity index (χ2n) is 6.15. The van der Waals surface area contributed by atoms with Crippen molar-refractivity contribution in [2.45, 2.75) is 25.4 Å². The number of ether oxygens (including phenoxy) is 3. The molecule has 0 bridgehead atoms. The molecule has 0 aliphatic carbocycles. The Morgan fingerprint density at radius 2 is 1.85 bits per heavy atom. The molecule has 1 N–H and O–H groups in total. The first-order valence-corrected chi connectivity index (χ1v) is 8.67. The van der Waals surface area contributed by atoms with Crippen molar-refractivity contribution < 1.29 is 33.4 Å². The maximum Gasteiger partial charge on any atom is 0.308 e. The number of rotatable bonds is 7. The van der Waals surface area contributed by atoms with Crippen LogP contribution >= 0.6 is 0 Å². The molecule has 9 nitrogen and oxygen atoms in total. The van der Waals surface area contributed by atoms with E-state index in [9.17, 15) is 19.2 Å². The number of para-hydroxylation sites is 2. The second-order valence-corrected chi connectivity index (χ2v) is 6.15. The zero-order valence-electron chi connectivity index (χ0n) is 14.6. The summed E-state index contributed by atoms with van der Waals surface area (Å²) in [6.07, 6.45) is -0.130. The minimum absolute atomic E-state index is 0.0230. The number of carbonyl (C=O) groups excluding carboxylic acids is 4. The van der Waals surface area contributed by atoms with E-state index >= 15 is 0 Å². The van der Waals surface area contributed by atoms with E-state index in [1.807, 2.05) is 12.1 Å². The van der Waals surface area contributed by atoms with Crippen LogP contribution in [0.5, 0.6) is 11.5 Å². The molecular formula is C18H20N2O7. The van der Waals surface area contributed by atoms with Crippen LogP contribution in [0.25, 0.3) is 0 Å². The quantitative estimate of drug-likeness (QED) is 0.528. The summed E-state index contributed by atoms with van der Waals surface area (Å²) in [6, 6.07) is 7.24. The van der Waals surface area contributed by atoms with Gasteiger partial charge in [0.05, 0.1) is 13.0 Å². The van der Waals surface area contributed by atoms with Crippen molar-refractivity contribution in [3.63, 3.8) is 0 Å². The van der Waals surface area contributed by atoms with Gasteiger partial charge in [-0.1, -0.05) is 12.1 Å². The van der Waals surface area contributed by atoms with E-state index in [2.05, 4.69) is 5.32 Å². The first kappa shape index (κ1) is 18.7. The lowest BCUT2D eigenvalue weighted by Crippen LogP contribution is -2.42. The van der Waals surface area contributed by atoms with Crippen molar-refractivity contribution in [2.24, 2.45) is 0 Å². The van der Waals surface area contributed by atoms with Crippen LogP contribution in [0.2, 0.25) is 0 Å². The minimum atomic E-state index is -0.649. The molecule has 1 fully saturated rings. The largest absolute Gasteiger partial charge is 0.486 e. The molecule has 0 spiro atoms. The van der Waals surface area contributed by atoms with Gasteiger partial charge in [0.2, 0.25) is 11.8 Å². The number of hydrogen-bond donors (Lipinski definition) is 1. The predicted octanol–water partition coefficient (Wildman–Crippen LogP) is 0.0249. The lowest BCUT2D eigenvalue weighted by molar-refractivity contribution is -0.149. The molecule has 0 radical (unpaired) electrons. The Morgan fingerprint density at radius 1 is 1.15 bits per heavy atom. The SMILES string of the molecule is O=C(COC(=O)CCN1C(=O)CCC1=O)NCC1COc2ccccc2O1. The third-order valence-corrected chi connectivity index (χ3v) is 4.15. The van der Waals surface area contributed by atoms with Gasteiger partial charge in [-0.3, -0.25) is 24.1 Å². The maximum atomic E-state index is 11.8. The van der Waals surface area contributed by atoms with Crippen LogP contribution in [-0.4, -0.2) is 61.0 Å². The van der Waals surface area contributed by atoms with Crippen molar-refractivity contribution >= 4 is 23.7 Å². The highest BCUT2D eigenvalue weighted by molar-refractivity contribution is 6.02. The second kappa shape index (κ2) is 8.52. The van der Waals surface area contributed by atoms with E-state index in [0.717, 1.165) is 4.90 Å². The smallest absolute Gasteiger partial charge is 0.308 e. The molecule has 0 aromatic heterocycles.